The van der Waals surface area contributed by atoms with Gasteiger partial charge in [-0.25, -0.2) is 0 Å². The molecule has 262 valence electrons. The van der Waals surface area contributed by atoms with Crippen molar-refractivity contribution >= 4 is 0 Å². The summed E-state index contributed by atoms with van der Waals surface area (Å²) in [6.07, 6.45) is 48.5. The lowest BCUT2D eigenvalue weighted by Gasteiger charge is -2.13. The van der Waals surface area contributed by atoms with Gasteiger partial charge in [-0.15, -0.1) is 0 Å². The zero-order chi connectivity index (χ0) is 33.0. The predicted octanol–water partition coefficient (Wildman–Crippen LogP) is 13.6. The Hall–Kier alpha value is -2.26. The molecule has 3 heteroatoms. The average Bonchev–Trinajstić information content (AvgIpc) is 3.07. The zero-order valence-corrected chi connectivity index (χ0v) is 30.2. The van der Waals surface area contributed by atoms with Gasteiger partial charge in [-0.1, -0.05) is 140 Å². The van der Waals surface area contributed by atoms with Crippen molar-refractivity contribution in [1.29, 1.82) is 0 Å². The van der Waals surface area contributed by atoms with Gasteiger partial charge in [-0.3, -0.25) is 0 Å². The van der Waals surface area contributed by atoms with Crippen molar-refractivity contribution in [3.8, 4) is 11.5 Å². The van der Waals surface area contributed by atoms with Crippen LogP contribution in [-0.2, 0) is 6.61 Å². The van der Waals surface area contributed by atoms with Gasteiger partial charge in [0.25, 0.3) is 0 Å². The number of unbranched alkanes of at least 4 members (excludes halogenated alkanes) is 18. The molecule has 1 rings (SSSR count). The van der Waals surface area contributed by atoms with E-state index >= 15 is 0 Å². The minimum atomic E-state index is -0.0266. The van der Waals surface area contributed by atoms with E-state index in [1.807, 2.05) is 18.2 Å². The second-order valence-electron chi connectivity index (χ2n) is 12.8. The molecule has 0 aromatic heterocycles. The molecule has 0 heterocycles. The summed E-state index contributed by atoms with van der Waals surface area (Å²) < 4.78 is 12.0. The first kappa shape index (κ1) is 41.8. The van der Waals surface area contributed by atoms with E-state index in [1.165, 1.54) is 128 Å². The van der Waals surface area contributed by atoms with Crippen LogP contribution in [0.4, 0.5) is 0 Å². The third-order valence-corrected chi connectivity index (χ3v) is 8.42. The van der Waals surface area contributed by atoms with Crippen molar-refractivity contribution in [1.82, 2.24) is 0 Å². The third-order valence-electron chi connectivity index (χ3n) is 8.42. The summed E-state index contributed by atoms with van der Waals surface area (Å²) in [4.78, 5) is 0. The minimum Gasteiger partial charge on any atom is -0.494 e. The van der Waals surface area contributed by atoms with Gasteiger partial charge in [0.05, 0.1) is 19.8 Å². The minimum absolute atomic E-state index is 0.0266. The summed E-state index contributed by atoms with van der Waals surface area (Å²) in [5, 5.41) is 9.86. The van der Waals surface area contributed by atoms with Gasteiger partial charge in [0.15, 0.2) is 0 Å². The van der Waals surface area contributed by atoms with Crippen LogP contribution in [-0.4, -0.2) is 18.3 Å². The number of ether oxygens (including phenoxy) is 2. The molecular formula is C43H72O3. The normalized spacial score (nSPS) is 12.1. The van der Waals surface area contributed by atoms with E-state index in [4.69, 9.17) is 9.47 Å². The van der Waals surface area contributed by atoms with Crippen LogP contribution in [0.15, 0.2) is 66.8 Å². The highest BCUT2D eigenvalue weighted by Crippen LogP contribution is 2.25. The maximum Gasteiger partial charge on any atom is 0.125 e. The Morgan fingerprint density at radius 2 is 0.891 bits per heavy atom. The van der Waals surface area contributed by atoms with Crippen LogP contribution in [0.1, 0.15) is 174 Å². The molecule has 0 aliphatic carbocycles. The Morgan fingerprint density at radius 3 is 1.35 bits per heavy atom. The summed E-state index contributed by atoms with van der Waals surface area (Å²) in [7, 11) is 0. The van der Waals surface area contributed by atoms with Gasteiger partial charge in [0.2, 0.25) is 0 Å². The Labute approximate surface area is 285 Å². The van der Waals surface area contributed by atoms with Crippen LogP contribution >= 0.6 is 0 Å². The fraction of sp³-hybridized carbons (Fsp3) is 0.674. The van der Waals surface area contributed by atoms with Crippen LogP contribution in [0.5, 0.6) is 11.5 Å². The molecule has 3 nitrogen and oxygen atoms in total. The molecular weight excluding hydrogens is 564 g/mol. The van der Waals surface area contributed by atoms with E-state index in [0.717, 1.165) is 49.4 Å². The first-order valence-electron chi connectivity index (χ1n) is 19.4. The fourth-order valence-electron chi connectivity index (χ4n) is 5.46. The van der Waals surface area contributed by atoms with Crippen LogP contribution < -0.4 is 9.47 Å². The molecule has 0 saturated heterocycles. The Kier molecular flexibility index (Phi) is 30.9. The SMILES string of the molecule is CCCCCC=CCC=CCCCCCCCCOc1ccc(OCCCCCCCCC=CCC=CCCCCC)c(CO)c1. The Bertz CT molecular complexity index is 897. The van der Waals surface area contributed by atoms with E-state index in [9.17, 15) is 5.11 Å². The van der Waals surface area contributed by atoms with Crippen LogP contribution in [0.25, 0.3) is 0 Å². The van der Waals surface area contributed by atoms with Crippen molar-refractivity contribution in [2.75, 3.05) is 13.2 Å². The lowest BCUT2D eigenvalue weighted by molar-refractivity contribution is 0.256. The van der Waals surface area contributed by atoms with E-state index in [-0.39, 0.29) is 6.61 Å². The largest absolute Gasteiger partial charge is 0.494 e. The van der Waals surface area contributed by atoms with Gasteiger partial charge in [-0.2, -0.15) is 0 Å². The highest BCUT2D eigenvalue weighted by molar-refractivity contribution is 5.39. The summed E-state index contributed by atoms with van der Waals surface area (Å²) in [5.74, 6) is 1.61. The number of hydrogen-bond donors (Lipinski definition) is 1. The molecule has 0 radical (unpaired) electrons. The molecule has 0 amide bonds. The van der Waals surface area contributed by atoms with Crippen LogP contribution in [0.3, 0.4) is 0 Å². The monoisotopic (exact) mass is 637 g/mol. The smallest absolute Gasteiger partial charge is 0.125 e. The van der Waals surface area contributed by atoms with Crippen molar-refractivity contribution in [2.45, 2.75) is 175 Å². The highest BCUT2D eigenvalue weighted by atomic mass is 16.5. The summed E-state index contributed by atoms with van der Waals surface area (Å²) >= 11 is 0. The average molecular weight is 637 g/mol. The first-order chi connectivity index (χ1) is 22.8. The molecule has 0 aliphatic heterocycles. The van der Waals surface area contributed by atoms with Crippen molar-refractivity contribution < 1.29 is 14.6 Å². The third kappa shape index (κ3) is 26.9. The molecule has 1 N–H and O–H groups in total. The standard InChI is InChI=1S/C43H72O3/c1-3-5-7-9-11-13-15-17-19-21-23-25-27-29-31-33-37-45-42-35-36-43(41(39-42)40-44)46-38-34-32-30-28-26-24-22-20-18-16-14-12-10-8-6-4-2/h11-14,17-20,35-36,39,44H,3-10,15-16,21-34,37-38,40H2,1-2H3. The Morgan fingerprint density at radius 1 is 0.478 bits per heavy atom. The number of hydrogen-bond acceptors (Lipinski definition) is 3. The summed E-state index contributed by atoms with van der Waals surface area (Å²) in [6.45, 7) is 5.92. The summed E-state index contributed by atoms with van der Waals surface area (Å²) in [5.41, 5.74) is 0.814. The van der Waals surface area contributed by atoms with E-state index in [0.29, 0.717) is 6.61 Å². The van der Waals surface area contributed by atoms with Crippen molar-refractivity contribution in [3.63, 3.8) is 0 Å². The van der Waals surface area contributed by atoms with E-state index < -0.39 is 0 Å². The molecule has 1 aromatic carbocycles. The number of benzene rings is 1. The Balaban J connectivity index is 1.99. The number of allylic oxidation sites excluding steroid dienone is 8. The lowest BCUT2D eigenvalue weighted by Crippen LogP contribution is -2.02. The molecule has 1 aromatic rings. The molecule has 0 saturated carbocycles. The second kappa shape index (κ2) is 34.1. The first-order valence-corrected chi connectivity index (χ1v) is 19.4. The van der Waals surface area contributed by atoms with Gasteiger partial charge >= 0.3 is 0 Å². The topological polar surface area (TPSA) is 38.7 Å². The molecule has 0 atom stereocenters. The van der Waals surface area contributed by atoms with Crippen molar-refractivity contribution in [3.05, 3.63) is 72.4 Å². The zero-order valence-electron chi connectivity index (χ0n) is 30.2. The molecule has 0 spiro atoms. The number of aliphatic hydroxyl groups excluding tert-OH is 1. The predicted molar refractivity (Wildman–Crippen MR) is 202 cm³/mol. The van der Waals surface area contributed by atoms with E-state index in [2.05, 4.69) is 62.5 Å². The van der Waals surface area contributed by atoms with Gasteiger partial charge in [0.1, 0.15) is 11.5 Å². The summed E-state index contributed by atoms with van der Waals surface area (Å²) in [6, 6.07) is 5.86. The maximum absolute atomic E-state index is 9.86. The van der Waals surface area contributed by atoms with Gasteiger partial charge in [0, 0.05) is 5.56 Å². The molecule has 0 unspecified atom stereocenters. The molecule has 46 heavy (non-hydrogen) atoms. The van der Waals surface area contributed by atoms with Crippen LogP contribution in [0.2, 0.25) is 0 Å². The van der Waals surface area contributed by atoms with Crippen LogP contribution in [0, 0.1) is 0 Å². The quantitative estimate of drug-likeness (QED) is 0.0616. The number of rotatable bonds is 33. The van der Waals surface area contributed by atoms with Crippen molar-refractivity contribution in [2.24, 2.45) is 0 Å². The molecule has 0 aliphatic rings. The van der Waals surface area contributed by atoms with Gasteiger partial charge in [-0.05, 0) is 95.2 Å². The molecule has 0 bridgehead atoms. The number of aliphatic hydroxyl groups is 1. The lowest BCUT2D eigenvalue weighted by atomic mass is 10.1. The second-order valence-corrected chi connectivity index (χ2v) is 12.8. The highest BCUT2D eigenvalue weighted by Gasteiger charge is 2.06. The van der Waals surface area contributed by atoms with E-state index in [1.54, 1.807) is 0 Å². The van der Waals surface area contributed by atoms with Gasteiger partial charge < -0.3 is 14.6 Å². The molecule has 0 fully saturated rings. The fourth-order valence-corrected chi connectivity index (χ4v) is 5.46. The maximum atomic E-state index is 9.86.